The molecule has 0 unspecified atom stereocenters. The van der Waals surface area contributed by atoms with Gasteiger partial charge in [0.15, 0.2) is 0 Å². The van der Waals surface area contributed by atoms with Gasteiger partial charge in [0, 0.05) is 17.1 Å². The van der Waals surface area contributed by atoms with Gasteiger partial charge in [-0.15, -0.1) is 0 Å². The quantitative estimate of drug-likeness (QED) is 0.154. The van der Waals surface area contributed by atoms with Crippen molar-refractivity contribution in [2.45, 2.75) is 0 Å². The Morgan fingerprint density at radius 1 is 0.211 bits per heavy atom. The van der Waals surface area contributed by atoms with Crippen molar-refractivity contribution in [2.24, 2.45) is 0 Å². The van der Waals surface area contributed by atoms with Gasteiger partial charge in [-0.05, 0) is 130 Å². The summed E-state index contributed by atoms with van der Waals surface area (Å²) in [6.45, 7) is 0. The van der Waals surface area contributed by atoms with Crippen molar-refractivity contribution < 1.29 is 0 Å². The number of benzene rings is 11. The van der Waals surface area contributed by atoms with Gasteiger partial charge in [-0.1, -0.05) is 182 Å². The summed E-state index contributed by atoms with van der Waals surface area (Å²) in [5.74, 6) is 0. The molecule has 0 spiro atoms. The second-order valence-corrected chi connectivity index (χ2v) is 14.9. The highest BCUT2D eigenvalue weighted by atomic mass is 15.1. The number of rotatable bonds is 6. The minimum atomic E-state index is 1.10. The normalized spacial score (nSPS) is 11.5. The van der Waals surface area contributed by atoms with Crippen LogP contribution in [0.5, 0.6) is 0 Å². The molecular formula is C56H37N. The first-order valence-electron chi connectivity index (χ1n) is 19.7. The van der Waals surface area contributed by atoms with Crippen LogP contribution >= 0.6 is 0 Å². The molecule has 0 atom stereocenters. The lowest BCUT2D eigenvalue weighted by Gasteiger charge is -2.28. The summed E-state index contributed by atoms with van der Waals surface area (Å²) in [6.07, 6.45) is 0. The third-order valence-electron chi connectivity index (χ3n) is 11.6. The molecule has 0 amide bonds. The summed E-state index contributed by atoms with van der Waals surface area (Å²) >= 11 is 0. The van der Waals surface area contributed by atoms with Crippen molar-refractivity contribution >= 4 is 70.9 Å². The van der Waals surface area contributed by atoms with E-state index in [9.17, 15) is 0 Å². The van der Waals surface area contributed by atoms with Gasteiger partial charge < -0.3 is 4.90 Å². The highest BCUT2D eigenvalue weighted by Gasteiger charge is 2.19. The molecule has 0 saturated heterocycles. The standard InChI is InChI=1S/C56H37N/c1-2-15-44-35-45(26-23-38(44)11-1)53-34-33-48(37-56(53)54-22-10-17-40-13-4-7-19-51(40)54)57(47-32-29-43-25-24-41-14-5-8-20-52(41)55(43)36-47)46-30-27-42(28-31-46)50-21-9-16-39-12-3-6-18-49(39)50/h1-37H. The fourth-order valence-corrected chi connectivity index (χ4v) is 8.81. The molecular weight excluding hydrogens is 687 g/mol. The molecule has 0 radical (unpaired) electrons. The predicted molar refractivity (Wildman–Crippen MR) is 245 cm³/mol. The lowest BCUT2D eigenvalue weighted by molar-refractivity contribution is 1.29. The van der Waals surface area contributed by atoms with Gasteiger partial charge in [0.1, 0.15) is 0 Å². The SMILES string of the molecule is c1ccc2cc(-c3ccc(N(c4ccc(-c5cccc6ccccc56)cc4)c4ccc5ccc6ccccc6c5c4)cc3-c3cccc4ccccc34)ccc2c1. The summed E-state index contributed by atoms with van der Waals surface area (Å²) in [6, 6.07) is 82.3. The first kappa shape index (κ1) is 32.9. The van der Waals surface area contributed by atoms with Gasteiger partial charge in [0.25, 0.3) is 0 Å². The summed E-state index contributed by atoms with van der Waals surface area (Å²) in [5.41, 5.74) is 10.6. The molecule has 0 heterocycles. The molecule has 0 aromatic heterocycles. The van der Waals surface area contributed by atoms with Crippen LogP contribution in [0.15, 0.2) is 224 Å². The van der Waals surface area contributed by atoms with Crippen LogP contribution in [0.4, 0.5) is 17.1 Å². The second kappa shape index (κ2) is 13.7. The molecule has 57 heavy (non-hydrogen) atoms. The number of hydrogen-bond acceptors (Lipinski definition) is 1. The molecule has 0 aliphatic carbocycles. The van der Waals surface area contributed by atoms with Gasteiger partial charge in [-0.25, -0.2) is 0 Å². The van der Waals surface area contributed by atoms with Crippen LogP contribution < -0.4 is 4.90 Å². The number of fused-ring (bicyclic) bond motifs is 6. The van der Waals surface area contributed by atoms with Gasteiger partial charge in [-0.3, -0.25) is 0 Å². The van der Waals surface area contributed by atoms with E-state index in [-0.39, 0.29) is 0 Å². The molecule has 1 nitrogen and oxygen atoms in total. The molecule has 11 rings (SSSR count). The van der Waals surface area contributed by atoms with Crippen molar-refractivity contribution in [3.05, 3.63) is 224 Å². The Hall–Kier alpha value is -7.48. The topological polar surface area (TPSA) is 3.24 Å². The van der Waals surface area contributed by atoms with E-state index in [1.807, 2.05) is 0 Å². The van der Waals surface area contributed by atoms with Crippen LogP contribution in [0.2, 0.25) is 0 Å². The van der Waals surface area contributed by atoms with E-state index in [0.29, 0.717) is 0 Å². The minimum Gasteiger partial charge on any atom is -0.310 e. The van der Waals surface area contributed by atoms with Crippen molar-refractivity contribution in [3.63, 3.8) is 0 Å². The third kappa shape index (κ3) is 5.80. The van der Waals surface area contributed by atoms with Crippen LogP contribution in [-0.2, 0) is 0 Å². The van der Waals surface area contributed by atoms with Crippen LogP contribution in [0.1, 0.15) is 0 Å². The molecule has 0 aliphatic rings. The largest absolute Gasteiger partial charge is 0.310 e. The molecule has 0 saturated carbocycles. The zero-order valence-electron chi connectivity index (χ0n) is 31.3. The zero-order chi connectivity index (χ0) is 37.7. The predicted octanol–water partition coefficient (Wildman–Crippen LogP) is 15.9. The monoisotopic (exact) mass is 723 g/mol. The highest BCUT2D eigenvalue weighted by molar-refractivity contribution is 6.09. The maximum atomic E-state index is 2.42. The summed E-state index contributed by atoms with van der Waals surface area (Å²) in [4.78, 5) is 2.42. The summed E-state index contributed by atoms with van der Waals surface area (Å²) in [5, 5.41) is 12.4. The Morgan fingerprint density at radius 3 is 1.42 bits per heavy atom. The fourth-order valence-electron chi connectivity index (χ4n) is 8.81. The molecule has 0 aliphatic heterocycles. The Kier molecular flexibility index (Phi) is 7.89. The van der Waals surface area contributed by atoms with Crippen molar-refractivity contribution in [1.82, 2.24) is 0 Å². The molecule has 11 aromatic rings. The van der Waals surface area contributed by atoms with E-state index in [2.05, 4.69) is 229 Å². The average molecular weight is 724 g/mol. The third-order valence-corrected chi connectivity index (χ3v) is 11.6. The van der Waals surface area contributed by atoms with E-state index in [4.69, 9.17) is 0 Å². The molecule has 1 heteroatoms. The molecule has 0 bridgehead atoms. The van der Waals surface area contributed by atoms with Crippen LogP contribution in [-0.4, -0.2) is 0 Å². The Bertz CT molecular complexity index is 3290. The minimum absolute atomic E-state index is 1.10. The second-order valence-electron chi connectivity index (χ2n) is 14.9. The smallest absolute Gasteiger partial charge is 0.0468 e. The van der Waals surface area contributed by atoms with Crippen molar-refractivity contribution in [2.75, 3.05) is 4.90 Å². The Labute approximate surface area is 332 Å². The summed E-state index contributed by atoms with van der Waals surface area (Å²) < 4.78 is 0. The fraction of sp³-hybridized carbons (Fsp3) is 0. The highest BCUT2D eigenvalue weighted by Crippen LogP contribution is 2.44. The Morgan fingerprint density at radius 2 is 0.684 bits per heavy atom. The van der Waals surface area contributed by atoms with E-state index in [1.165, 1.54) is 87.2 Å². The van der Waals surface area contributed by atoms with Gasteiger partial charge in [0.05, 0.1) is 0 Å². The number of nitrogens with zero attached hydrogens (tertiary/aromatic N) is 1. The van der Waals surface area contributed by atoms with Crippen LogP contribution in [0.25, 0.3) is 87.2 Å². The van der Waals surface area contributed by atoms with Crippen LogP contribution in [0, 0.1) is 0 Å². The van der Waals surface area contributed by atoms with E-state index < -0.39 is 0 Å². The molecule has 11 aromatic carbocycles. The van der Waals surface area contributed by atoms with Crippen molar-refractivity contribution in [1.29, 1.82) is 0 Å². The number of anilines is 3. The van der Waals surface area contributed by atoms with Gasteiger partial charge in [0.2, 0.25) is 0 Å². The van der Waals surface area contributed by atoms with E-state index in [1.54, 1.807) is 0 Å². The van der Waals surface area contributed by atoms with E-state index in [0.717, 1.165) is 17.1 Å². The van der Waals surface area contributed by atoms with E-state index >= 15 is 0 Å². The molecule has 0 N–H and O–H groups in total. The summed E-state index contributed by atoms with van der Waals surface area (Å²) in [7, 11) is 0. The molecule has 266 valence electrons. The first-order valence-corrected chi connectivity index (χ1v) is 19.7. The molecule has 0 fully saturated rings. The lowest BCUT2D eigenvalue weighted by Crippen LogP contribution is -2.10. The first-order chi connectivity index (χ1) is 28.2. The van der Waals surface area contributed by atoms with Crippen molar-refractivity contribution in [3.8, 4) is 33.4 Å². The lowest BCUT2D eigenvalue weighted by atomic mass is 9.90. The van der Waals surface area contributed by atoms with Gasteiger partial charge >= 0.3 is 0 Å². The maximum absolute atomic E-state index is 2.42. The average Bonchev–Trinajstić information content (AvgIpc) is 3.29. The van der Waals surface area contributed by atoms with Crippen LogP contribution in [0.3, 0.4) is 0 Å². The van der Waals surface area contributed by atoms with Gasteiger partial charge in [-0.2, -0.15) is 0 Å². The zero-order valence-corrected chi connectivity index (χ0v) is 31.3. The Balaban J connectivity index is 1.14. The number of hydrogen-bond donors (Lipinski definition) is 0. The maximum Gasteiger partial charge on any atom is 0.0468 e.